The first kappa shape index (κ1) is 9.40. The Morgan fingerprint density at radius 3 is 3.00 bits per heavy atom. The lowest BCUT2D eigenvalue weighted by atomic mass is 10.0. The molecule has 1 saturated heterocycles. The highest BCUT2D eigenvalue weighted by atomic mass is 15.1. The van der Waals surface area contributed by atoms with Gasteiger partial charge in [-0.25, -0.2) is 9.97 Å². The summed E-state index contributed by atoms with van der Waals surface area (Å²) in [5.41, 5.74) is 1.14. The van der Waals surface area contributed by atoms with Gasteiger partial charge in [-0.3, -0.25) is 0 Å². The zero-order valence-corrected chi connectivity index (χ0v) is 8.67. The third-order valence-electron chi connectivity index (χ3n) is 2.60. The lowest BCUT2D eigenvalue weighted by Crippen LogP contribution is -2.37. The van der Waals surface area contributed by atoms with Crippen LogP contribution in [0.5, 0.6) is 0 Å². The molecule has 4 nitrogen and oxygen atoms in total. The molecular formula is C10H16N4. The summed E-state index contributed by atoms with van der Waals surface area (Å²) in [7, 11) is 0. The van der Waals surface area contributed by atoms with Gasteiger partial charge in [0.05, 0.1) is 0 Å². The van der Waals surface area contributed by atoms with E-state index in [-0.39, 0.29) is 5.54 Å². The van der Waals surface area contributed by atoms with Gasteiger partial charge in [0.2, 0.25) is 0 Å². The summed E-state index contributed by atoms with van der Waals surface area (Å²) in [6.07, 6.45) is 2.74. The van der Waals surface area contributed by atoms with Crippen molar-refractivity contribution >= 4 is 5.82 Å². The molecule has 0 amide bonds. The molecule has 1 fully saturated rings. The van der Waals surface area contributed by atoms with Crippen LogP contribution in [-0.2, 0) is 0 Å². The Kier molecular flexibility index (Phi) is 2.37. The largest absolute Gasteiger partial charge is 0.363 e. The molecule has 0 bridgehead atoms. The molecule has 1 aromatic rings. The van der Waals surface area contributed by atoms with Crippen LogP contribution in [0.25, 0.3) is 0 Å². The first-order valence-corrected chi connectivity index (χ1v) is 4.96. The van der Waals surface area contributed by atoms with Crippen LogP contribution in [0.2, 0.25) is 0 Å². The van der Waals surface area contributed by atoms with E-state index in [0.29, 0.717) is 0 Å². The number of anilines is 1. The fourth-order valence-corrected chi connectivity index (χ4v) is 1.76. The van der Waals surface area contributed by atoms with Crippen LogP contribution in [-0.4, -0.2) is 28.6 Å². The van der Waals surface area contributed by atoms with Gasteiger partial charge in [0, 0.05) is 23.8 Å². The molecular weight excluding hydrogens is 176 g/mol. The SMILES string of the molecule is Cc1cc(NC2(C)CCNC2)ncn1. The average molecular weight is 192 g/mol. The second kappa shape index (κ2) is 3.53. The molecule has 1 aromatic heterocycles. The van der Waals surface area contributed by atoms with E-state index in [4.69, 9.17) is 0 Å². The number of nitrogens with one attached hydrogen (secondary N) is 2. The number of hydrogen-bond donors (Lipinski definition) is 2. The number of aryl methyl sites for hydroxylation is 1. The third-order valence-corrected chi connectivity index (χ3v) is 2.60. The highest BCUT2D eigenvalue weighted by Gasteiger charge is 2.28. The smallest absolute Gasteiger partial charge is 0.130 e. The van der Waals surface area contributed by atoms with E-state index in [9.17, 15) is 0 Å². The Balaban J connectivity index is 2.10. The zero-order valence-electron chi connectivity index (χ0n) is 8.67. The minimum atomic E-state index is 0.140. The van der Waals surface area contributed by atoms with Crippen molar-refractivity contribution in [3.8, 4) is 0 Å². The normalized spacial score (nSPS) is 26.4. The minimum Gasteiger partial charge on any atom is -0.363 e. The number of aromatic nitrogens is 2. The highest BCUT2D eigenvalue weighted by molar-refractivity contribution is 5.38. The van der Waals surface area contributed by atoms with E-state index >= 15 is 0 Å². The van der Waals surface area contributed by atoms with Crippen LogP contribution < -0.4 is 10.6 Å². The molecule has 76 valence electrons. The van der Waals surface area contributed by atoms with Crippen molar-refractivity contribution in [1.29, 1.82) is 0 Å². The van der Waals surface area contributed by atoms with Gasteiger partial charge in [-0.15, -0.1) is 0 Å². The Morgan fingerprint density at radius 2 is 2.36 bits per heavy atom. The maximum absolute atomic E-state index is 4.20. The Labute approximate surface area is 84.2 Å². The zero-order chi connectivity index (χ0) is 10.0. The first-order valence-electron chi connectivity index (χ1n) is 4.96. The van der Waals surface area contributed by atoms with E-state index in [2.05, 4.69) is 27.5 Å². The molecule has 1 aliphatic rings. The van der Waals surface area contributed by atoms with Crippen molar-refractivity contribution in [2.45, 2.75) is 25.8 Å². The van der Waals surface area contributed by atoms with Crippen molar-refractivity contribution < 1.29 is 0 Å². The van der Waals surface area contributed by atoms with Crippen LogP contribution in [0.3, 0.4) is 0 Å². The minimum absolute atomic E-state index is 0.140. The molecule has 0 aromatic carbocycles. The van der Waals surface area contributed by atoms with Crippen molar-refractivity contribution in [2.75, 3.05) is 18.4 Å². The summed E-state index contributed by atoms with van der Waals surface area (Å²) in [5.74, 6) is 0.920. The fourth-order valence-electron chi connectivity index (χ4n) is 1.76. The molecule has 2 rings (SSSR count). The van der Waals surface area contributed by atoms with Gasteiger partial charge in [-0.05, 0) is 26.8 Å². The molecule has 1 aliphatic heterocycles. The van der Waals surface area contributed by atoms with E-state index in [1.807, 2.05) is 13.0 Å². The summed E-state index contributed by atoms with van der Waals surface area (Å²) >= 11 is 0. The van der Waals surface area contributed by atoms with Crippen LogP contribution in [0.4, 0.5) is 5.82 Å². The van der Waals surface area contributed by atoms with Gasteiger partial charge >= 0.3 is 0 Å². The summed E-state index contributed by atoms with van der Waals surface area (Å²) in [5, 5.41) is 6.79. The van der Waals surface area contributed by atoms with Gasteiger partial charge in [-0.1, -0.05) is 0 Å². The first-order chi connectivity index (χ1) is 6.68. The van der Waals surface area contributed by atoms with Crippen molar-refractivity contribution in [3.63, 3.8) is 0 Å². The Bertz CT molecular complexity index is 318. The second-order valence-corrected chi connectivity index (χ2v) is 4.16. The molecule has 4 heteroatoms. The second-order valence-electron chi connectivity index (χ2n) is 4.16. The maximum atomic E-state index is 4.20. The van der Waals surface area contributed by atoms with E-state index in [1.54, 1.807) is 6.33 Å². The fraction of sp³-hybridized carbons (Fsp3) is 0.600. The molecule has 0 spiro atoms. The topological polar surface area (TPSA) is 49.8 Å². The molecule has 1 atom stereocenters. The van der Waals surface area contributed by atoms with Gasteiger partial charge in [0.25, 0.3) is 0 Å². The van der Waals surface area contributed by atoms with Crippen molar-refractivity contribution in [1.82, 2.24) is 15.3 Å². The molecule has 1 unspecified atom stereocenters. The standard InChI is InChI=1S/C10H16N4/c1-8-5-9(13-7-12-8)14-10(2)3-4-11-6-10/h5,7,11H,3-4,6H2,1-2H3,(H,12,13,14). The summed E-state index contributed by atoms with van der Waals surface area (Å²) in [6, 6.07) is 1.98. The van der Waals surface area contributed by atoms with Crippen LogP contribution in [0.1, 0.15) is 19.0 Å². The van der Waals surface area contributed by atoms with Gasteiger partial charge in [0.15, 0.2) is 0 Å². The summed E-state index contributed by atoms with van der Waals surface area (Å²) in [4.78, 5) is 8.27. The quantitative estimate of drug-likeness (QED) is 0.732. The van der Waals surface area contributed by atoms with Gasteiger partial charge in [-0.2, -0.15) is 0 Å². The monoisotopic (exact) mass is 192 g/mol. The lowest BCUT2D eigenvalue weighted by Gasteiger charge is -2.25. The molecule has 2 heterocycles. The molecule has 0 aliphatic carbocycles. The summed E-state index contributed by atoms with van der Waals surface area (Å²) < 4.78 is 0. The van der Waals surface area contributed by atoms with E-state index < -0.39 is 0 Å². The number of hydrogen-bond acceptors (Lipinski definition) is 4. The molecule has 0 radical (unpaired) electrons. The van der Waals surface area contributed by atoms with Crippen LogP contribution in [0.15, 0.2) is 12.4 Å². The number of rotatable bonds is 2. The predicted octanol–water partition coefficient (Wildman–Crippen LogP) is 0.949. The van der Waals surface area contributed by atoms with Gasteiger partial charge < -0.3 is 10.6 Å². The van der Waals surface area contributed by atoms with Gasteiger partial charge in [0.1, 0.15) is 12.1 Å². The number of nitrogens with zero attached hydrogens (tertiary/aromatic N) is 2. The third kappa shape index (κ3) is 2.01. The molecule has 14 heavy (non-hydrogen) atoms. The van der Waals surface area contributed by atoms with E-state index in [0.717, 1.165) is 31.0 Å². The average Bonchev–Trinajstić information content (AvgIpc) is 2.51. The van der Waals surface area contributed by atoms with E-state index in [1.165, 1.54) is 0 Å². The predicted molar refractivity (Wildman–Crippen MR) is 56.3 cm³/mol. The summed E-state index contributed by atoms with van der Waals surface area (Å²) in [6.45, 7) is 6.26. The lowest BCUT2D eigenvalue weighted by molar-refractivity contribution is 0.564. The molecule has 2 N–H and O–H groups in total. The Hall–Kier alpha value is -1.16. The van der Waals surface area contributed by atoms with Crippen LogP contribution >= 0.6 is 0 Å². The van der Waals surface area contributed by atoms with Crippen molar-refractivity contribution in [2.24, 2.45) is 0 Å². The van der Waals surface area contributed by atoms with Crippen molar-refractivity contribution in [3.05, 3.63) is 18.1 Å². The van der Waals surface area contributed by atoms with Crippen LogP contribution in [0, 0.1) is 6.92 Å². The Morgan fingerprint density at radius 1 is 1.50 bits per heavy atom. The highest BCUT2D eigenvalue weighted by Crippen LogP contribution is 2.19. The molecule has 0 saturated carbocycles. The maximum Gasteiger partial charge on any atom is 0.130 e.